The fourth-order valence-electron chi connectivity index (χ4n) is 1.71. The number of rotatable bonds is 2. The quantitative estimate of drug-likeness (QED) is 0.587. The summed E-state index contributed by atoms with van der Waals surface area (Å²) in [5, 5.41) is 12.1. The molecular weight excluding hydrogens is 308 g/mol. The molecule has 0 spiro atoms. The van der Waals surface area contributed by atoms with Crippen molar-refractivity contribution in [2.24, 2.45) is 0 Å². The maximum Gasteiger partial charge on any atom is 0.257 e. The van der Waals surface area contributed by atoms with E-state index in [0.29, 0.717) is 21.4 Å². The summed E-state index contributed by atoms with van der Waals surface area (Å²) < 4.78 is 0.683. The van der Waals surface area contributed by atoms with Gasteiger partial charge >= 0.3 is 0 Å². The van der Waals surface area contributed by atoms with E-state index in [1.807, 2.05) is 0 Å². The average molecular weight is 321 g/mol. The molecule has 0 aliphatic carbocycles. The number of nitrogens with two attached hydrogens (primary N) is 1. The molecule has 0 heterocycles. The molecule has 4 N–H and O–H groups in total. The van der Waals surface area contributed by atoms with Crippen LogP contribution < -0.4 is 11.1 Å². The number of nitrogen functional groups attached to an aromatic ring is 1. The molecular formula is C14H13BrN2O2. The number of carbonyl (C=O) groups excluding carboxylic acids is 1. The first-order valence-corrected chi connectivity index (χ1v) is 6.43. The molecule has 0 saturated heterocycles. The lowest BCUT2D eigenvalue weighted by atomic mass is 10.1. The summed E-state index contributed by atoms with van der Waals surface area (Å²) in [7, 11) is 0. The Labute approximate surface area is 119 Å². The van der Waals surface area contributed by atoms with Gasteiger partial charge in [0.2, 0.25) is 0 Å². The van der Waals surface area contributed by atoms with Gasteiger partial charge in [-0.25, -0.2) is 0 Å². The minimum absolute atomic E-state index is 0.164. The number of phenols is 1. The minimum Gasteiger partial charge on any atom is -0.508 e. The third-order valence-corrected chi connectivity index (χ3v) is 3.45. The summed E-state index contributed by atoms with van der Waals surface area (Å²) in [4.78, 5) is 12.1. The highest BCUT2D eigenvalue weighted by Gasteiger charge is 2.12. The Morgan fingerprint density at radius 2 is 2.05 bits per heavy atom. The van der Waals surface area contributed by atoms with Crippen molar-refractivity contribution >= 4 is 33.2 Å². The van der Waals surface area contributed by atoms with Gasteiger partial charge < -0.3 is 16.2 Å². The molecule has 0 unspecified atom stereocenters. The zero-order valence-electron chi connectivity index (χ0n) is 10.3. The van der Waals surface area contributed by atoms with Crippen LogP contribution in [0.15, 0.2) is 40.9 Å². The number of amides is 1. The molecule has 2 aromatic rings. The fourth-order valence-corrected chi connectivity index (χ4v) is 2.08. The van der Waals surface area contributed by atoms with Crippen LogP contribution in [0.25, 0.3) is 0 Å². The molecule has 0 atom stereocenters. The summed E-state index contributed by atoms with van der Waals surface area (Å²) in [5.74, 6) is -0.120. The van der Waals surface area contributed by atoms with Gasteiger partial charge in [0, 0.05) is 10.2 Å². The number of nitrogens with one attached hydrogen (secondary N) is 1. The van der Waals surface area contributed by atoms with E-state index in [9.17, 15) is 9.90 Å². The van der Waals surface area contributed by atoms with Gasteiger partial charge in [-0.1, -0.05) is 6.07 Å². The van der Waals surface area contributed by atoms with Crippen molar-refractivity contribution in [3.8, 4) is 5.75 Å². The van der Waals surface area contributed by atoms with Crippen LogP contribution in [0.2, 0.25) is 0 Å². The van der Waals surface area contributed by atoms with Gasteiger partial charge in [-0.3, -0.25) is 4.79 Å². The van der Waals surface area contributed by atoms with Gasteiger partial charge in [0.25, 0.3) is 5.91 Å². The Morgan fingerprint density at radius 3 is 2.74 bits per heavy atom. The summed E-state index contributed by atoms with van der Waals surface area (Å²) in [6, 6.07) is 9.94. The number of anilines is 2. The molecule has 0 aliphatic rings. The Bertz CT molecular complexity index is 641. The monoisotopic (exact) mass is 320 g/mol. The Morgan fingerprint density at radius 1 is 1.32 bits per heavy atom. The Kier molecular flexibility index (Phi) is 3.76. The van der Waals surface area contributed by atoms with E-state index in [1.54, 1.807) is 37.3 Å². The first kappa shape index (κ1) is 13.4. The molecule has 4 nitrogen and oxygen atoms in total. The highest BCUT2D eigenvalue weighted by atomic mass is 79.9. The Hall–Kier alpha value is -2.01. The van der Waals surface area contributed by atoms with Crippen molar-refractivity contribution in [2.45, 2.75) is 6.92 Å². The van der Waals surface area contributed by atoms with Crippen LogP contribution in [0, 0.1) is 6.92 Å². The zero-order chi connectivity index (χ0) is 14.0. The second-order valence-corrected chi connectivity index (χ2v) is 5.01. The maximum absolute atomic E-state index is 12.1. The molecule has 0 aliphatic heterocycles. The number of hydrogen-bond acceptors (Lipinski definition) is 3. The first-order chi connectivity index (χ1) is 8.99. The van der Waals surface area contributed by atoms with Crippen LogP contribution in [-0.4, -0.2) is 11.0 Å². The summed E-state index contributed by atoms with van der Waals surface area (Å²) in [6.07, 6.45) is 0. The lowest BCUT2D eigenvalue weighted by Gasteiger charge is -2.10. The van der Waals surface area contributed by atoms with Gasteiger partial charge in [0.15, 0.2) is 0 Å². The van der Waals surface area contributed by atoms with E-state index in [1.165, 1.54) is 6.07 Å². The fraction of sp³-hybridized carbons (Fsp3) is 0.0714. The van der Waals surface area contributed by atoms with Gasteiger partial charge in [0.05, 0.1) is 11.3 Å². The largest absolute Gasteiger partial charge is 0.508 e. The predicted molar refractivity (Wildman–Crippen MR) is 79.4 cm³/mol. The van der Waals surface area contributed by atoms with Crippen molar-refractivity contribution in [1.82, 2.24) is 0 Å². The van der Waals surface area contributed by atoms with E-state index in [0.717, 1.165) is 5.56 Å². The Balaban J connectivity index is 2.28. The number of hydrogen-bond donors (Lipinski definition) is 3. The normalized spacial score (nSPS) is 10.2. The van der Waals surface area contributed by atoms with Crippen molar-refractivity contribution < 1.29 is 9.90 Å². The highest BCUT2D eigenvalue weighted by Crippen LogP contribution is 2.25. The molecule has 0 radical (unpaired) electrons. The number of carbonyl (C=O) groups is 1. The summed E-state index contributed by atoms with van der Waals surface area (Å²) in [6.45, 7) is 1.81. The number of benzene rings is 2. The van der Waals surface area contributed by atoms with E-state index in [-0.39, 0.29) is 11.7 Å². The van der Waals surface area contributed by atoms with E-state index >= 15 is 0 Å². The molecule has 0 aromatic heterocycles. The molecule has 5 heteroatoms. The van der Waals surface area contributed by atoms with Crippen LogP contribution in [0.5, 0.6) is 5.75 Å². The first-order valence-electron chi connectivity index (χ1n) is 5.64. The molecule has 19 heavy (non-hydrogen) atoms. The van der Waals surface area contributed by atoms with Gasteiger partial charge in [-0.15, -0.1) is 0 Å². The zero-order valence-corrected chi connectivity index (χ0v) is 11.9. The molecule has 2 rings (SSSR count). The molecule has 1 amide bonds. The number of phenolic OH excluding ortho intramolecular Hbond substituents is 1. The smallest absolute Gasteiger partial charge is 0.257 e. The van der Waals surface area contributed by atoms with Gasteiger partial charge in [0.1, 0.15) is 5.75 Å². The summed E-state index contributed by atoms with van der Waals surface area (Å²) in [5.41, 5.74) is 8.08. The third kappa shape index (κ3) is 2.88. The average Bonchev–Trinajstić information content (AvgIpc) is 2.36. The number of para-hydroxylation sites is 1. The van der Waals surface area contributed by atoms with Crippen LogP contribution in [-0.2, 0) is 0 Å². The second-order valence-electron chi connectivity index (χ2n) is 4.15. The molecule has 98 valence electrons. The lowest BCUT2D eigenvalue weighted by Crippen LogP contribution is -2.14. The van der Waals surface area contributed by atoms with E-state index in [4.69, 9.17) is 5.73 Å². The number of aromatic hydroxyl groups is 1. The third-order valence-electron chi connectivity index (χ3n) is 2.76. The number of aryl methyl sites for hydroxylation is 1. The predicted octanol–water partition coefficient (Wildman–Crippen LogP) is 3.30. The van der Waals surface area contributed by atoms with E-state index < -0.39 is 0 Å². The van der Waals surface area contributed by atoms with Crippen molar-refractivity contribution in [3.05, 3.63) is 52.0 Å². The lowest BCUT2D eigenvalue weighted by molar-refractivity contribution is 0.102. The van der Waals surface area contributed by atoms with Crippen LogP contribution in [0.1, 0.15) is 15.9 Å². The van der Waals surface area contributed by atoms with Gasteiger partial charge in [-0.2, -0.15) is 0 Å². The summed E-state index contributed by atoms with van der Waals surface area (Å²) >= 11 is 3.29. The van der Waals surface area contributed by atoms with Crippen LogP contribution in [0.3, 0.4) is 0 Å². The van der Waals surface area contributed by atoms with Crippen LogP contribution in [0.4, 0.5) is 11.4 Å². The topological polar surface area (TPSA) is 75.3 Å². The molecule has 0 bridgehead atoms. The molecule has 2 aromatic carbocycles. The van der Waals surface area contributed by atoms with Crippen molar-refractivity contribution in [3.63, 3.8) is 0 Å². The van der Waals surface area contributed by atoms with Crippen molar-refractivity contribution in [1.29, 1.82) is 0 Å². The standard InChI is InChI=1S/C14H13BrN2O2/c1-8-7-9(18)5-6-12(8)17-14(19)10-3-2-4-11(15)13(10)16/h2-7,18H,16H2,1H3,(H,17,19). The minimum atomic E-state index is -0.285. The second kappa shape index (κ2) is 5.32. The molecule has 0 fully saturated rings. The highest BCUT2D eigenvalue weighted by molar-refractivity contribution is 9.10. The van der Waals surface area contributed by atoms with Crippen molar-refractivity contribution in [2.75, 3.05) is 11.1 Å². The number of halogens is 1. The van der Waals surface area contributed by atoms with Crippen LogP contribution >= 0.6 is 15.9 Å². The molecule has 0 saturated carbocycles. The van der Waals surface area contributed by atoms with Gasteiger partial charge in [-0.05, 0) is 58.7 Å². The maximum atomic E-state index is 12.1. The van der Waals surface area contributed by atoms with E-state index in [2.05, 4.69) is 21.2 Å². The SMILES string of the molecule is Cc1cc(O)ccc1NC(=O)c1cccc(Br)c1N.